The lowest BCUT2D eigenvalue weighted by atomic mass is 10.1. The second-order valence-corrected chi connectivity index (χ2v) is 8.17. The SMILES string of the molecule is CN(C)S(=O)(=O)C[C@@H]1CN(Cc2cc(F)cc(F)c2F)C[C@H]1O. The van der Waals surface area contributed by atoms with Crippen LogP contribution in [-0.4, -0.2) is 61.8 Å². The molecular weight excluding hydrogens is 333 g/mol. The van der Waals surface area contributed by atoms with Gasteiger partial charge in [-0.15, -0.1) is 0 Å². The quantitative estimate of drug-likeness (QED) is 0.796. The average molecular weight is 352 g/mol. The molecule has 2 atom stereocenters. The van der Waals surface area contributed by atoms with Crippen molar-refractivity contribution in [2.75, 3.05) is 32.9 Å². The summed E-state index contributed by atoms with van der Waals surface area (Å²) in [6.45, 7) is 0.215. The molecule has 23 heavy (non-hydrogen) atoms. The largest absolute Gasteiger partial charge is 0.391 e. The van der Waals surface area contributed by atoms with Crippen LogP contribution in [0.5, 0.6) is 0 Å². The maximum absolute atomic E-state index is 13.7. The number of likely N-dealkylation sites (tertiary alicyclic amines) is 1. The number of benzene rings is 1. The van der Waals surface area contributed by atoms with Crippen molar-refractivity contribution < 1.29 is 26.7 Å². The highest BCUT2D eigenvalue weighted by atomic mass is 32.2. The first-order valence-corrected chi connectivity index (χ1v) is 8.65. The highest BCUT2D eigenvalue weighted by Crippen LogP contribution is 2.23. The van der Waals surface area contributed by atoms with Crippen LogP contribution >= 0.6 is 0 Å². The number of halogens is 3. The van der Waals surface area contributed by atoms with E-state index >= 15 is 0 Å². The van der Waals surface area contributed by atoms with Gasteiger partial charge in [-0.25, -0.2) is 25.9 Å². The van der Waals surface area contributed by atoms with Crippen LogP contribution in [0.15, 0.2) is 12.1 Å². The van der Waals surface area contributed by atoms with Gasteiger partial charge in [0.25, 0.3) is 0 Å². The van der Waals surface area contributed by atoms with Crippen molar-refractivity contribution in [3.05, 3.63) is 35.1 Å². The van der Waals surface area contributed by atoms with Gasteiger partial charge in [0.2, 0.25) is 10.0 Å². The van der Waals surface area contributed by atoms with Crippen LogP contribution < -0.4 is 0 Å². The smallest absolute Gasteiger partial charge is 0.214 e. The molecule has 9 heteroatoms. The molecule has 0 radical (unpaired) electrons. The lowest BCUT2D eigenvalue weighted by molar-refractivity contribution is 0.148. The first-order chi connectivity index (χ1) is 10.6. The summed E-state index contributed by atoms with van der Waals surface area (Å²) in [4.78, 5) is 1.58. The second kappa shape index (κ2) is 6.76. The Balaban J connectivity index is 2.08. The van der Waals surface area contributed by atoms with Crippen LogP contribution in [0.4, 0.5) is 13.2 Å². The van der Waals surface area contributed by atoms with Crippen LogP contribution in [0, 0.1) is 23.4 Å². The van der Waals surface area contributed by atoms with Crippen molar-refractivity contribution in [2.24, 2.45) is 5.92 Å². The molecule has 130 valence electrons. The third kappa shape index (κ3) is 4.23. The molecule has 5 nitrogen and oxygen atoms in total. The molecule has 1 aliphatic heterocycles. The fourth-order valence-electron chi connectivity index (χ4n) is 2.62. The van der Waals surface area contributed by atoms with E-state index in [0.717, 1.165) is 10.4 Å². The van der Waals surface area contributed by atoms with E-state index in [2.05, 4.69) is 0 Å². The van der Waals surface area contributed by atoms with E-state index < -0.39 is 39.5 Å². The van der Waals surface area contributed by atoms with E-state index in [-0.39, 0.29) is 31.0 Å². The van der Waals surface area contributed by atoms with Crippen LogP contribution in [0.25, 0.3) is 0 Å². The van der Waals surface area contributed by atoms with Crippen molar-refractivity contribution in [1.82, 2.24) is 9.21 Å². The molecule has 1 aliphatic rings. The van der Waals surface area contributed by atoms with Gasteiger partial charge in [0.1, 0.15) is 5.82 Å². The van der Waals surface area contributed by atoms with Crippen LogP contribution in [-0.2, 0) is 16.6 Å². The van der Waals surface area contributed by atoms with Crippen molar-refractivity contribution in [3.8, 4) is 0 Å². The van der Waals surface area contributed by atoms with Crippen molar-refractivity contribution in [2.45, 2.75) is 12.6 Å². The third-order valence-electron chi connectivity index (χ3n) is 3.93. The number of sulfonamides is 1. The molecule has 1 aromatic rings. The lowest BCUT2D eigenvalue weighted by Crippen LogP contribution is -2.33. The van der Waals surface area contributed by atoms with Crippen molar-refractivity contribution in [1.29, 1.82) is 0 Å². The highest BCUT2D eigenvalue weighted by molar-refractivity contribution is 7.89. The summed E-state index contributed by atoms with van der Waals surface area (Å²) in [5, 5.41) is 9.99. The summed E-state index contributed by atoms with van der Waals surface area (Å²) in [5.41, 5.74) is -0.161. The third-order valence-corrected chi connectivity index (χ3v) is 5.89. The van der Waals surface area contributed by atoms with Crippen molar-refractivity contribution >= 4 is 10.0 Å². The summed E-state index contributed by atoms with van der Waals surface area (Å²) in [7, 11) is -0.676. The van der Waals surface area contributed by atoms with E-state index in [4.69, 9.17) is 0 Å². The number of hydrogen-bond acceptors (Lipinski definition) is 4. The van der Waals surface area contributed by atoms with Gasteiger partial charge in [-0.1, -0.05) is 0 Å². The van der Waals surface area contributed by atoms with Crippen molar-refractivity contribution in [3.63, 3.8) is 0 Å². The Morgan fingerprint density at radius 3 is 2.52 bits per heavy atom. The Hall–Kier alpha value is -1.16. The molecule has 0 aromatic heterocycles. The minimum atomic E-state index is -3.48. The highest BCUT2D eigenvalue weighted by Gasteiger charge is 2.35. The normalized spacial score (nSPS) is 22.9. The van der Waals surface area contributed by atoms with E-state index in [1.54, 1.807) is 4.90 Å². The zero-order valence-corrected chi connectivity index (χ0v) is 13.7. The molecule has 0 bridgehead atoms. The fraction of sp³-hybridized carbons (Fsp3) is 0.571. The predicted octanol–water partition coefficient (Wildman–Crippen LogP) is 0.788. The minimum absolute atomic E-state index is 0.101. The molecule has 1 saturated heterocycles. The number of aliphatic hydroxyl groups is 1. The van der Waals surface area contributed by atoms with Crippen LogP contribution in [0.1, 0.15) is 5.56 Å². The van der Waals surface area contributed by atoms with Gasteiger partial charge < -0.3 is 5.11 Å². The molecule has 1 N–H and O–H groups in total. The monoisotopic (exact) mass is 352 g/mol. The Morgan fingerprint density at radius 1 is 1.26 bits per heavy atom. The number of β-amino-alcohol motifs (C(OH)–C–C–N with tert-alkyl or cyclic N) is 1. The molecule has 0 aliphatic carbocycles. The van der Waals surface area contributed by atoms with Gasteiger partial charge in [-0.2, -0.15) is 0 Å². The topological polar surface area (TPSA) is 60.9 Å². The first kappa shape index (κ1) is 18.2. The molecule has 1 fully saturated rings. The maximum atomic E-state index is 13.7. The van der Waals surface area contributed by atoms with Crippen LogP contribution in [0.3, 0.4) is 0 Å². The maximum Gasteiger partial charge on any atom is 0.214 e. The Bertz CT molecular complexity index is 682. The Labute approximate surface area is 133 Å². The second-order valence-electron chi connectivity index (χ2n) is 5.94. The number of hydrogen-bond donors (Lipinski definition) is 1. The van der Waals surface area contributed by atoms with Gasteiger partial charge in [0.15, 0.2) is 11.6 Å². The van der Waals surface area contributed by atoms with Gasteiger partial charge in [-0.3, -0.25) is 4.90 Å². The van der Waals surface area contributed by atoms with E-state index in [0.29, 0.717) is 6.07 Å². The summed E-state index contributed by atoms with van der Waals surface area (Å²) in [5.74, 6) is -4.07. The average Bonchev–Trinajstić information content (AvgIpc) is 2.74. The molecular formula is C14H19F3N2O3S. The number of rotatable bonds is 5. The number of aliphatic hydroxyl groups excluding tert-OH is 1. The van der Waals surface area contributed by atoms with E-state index in [1.807, 2.05) is 0 Å². The molecule has 0 unspecified atom stereocenters. The summed E-state index contributed by atoms with van der Waals surface area (Å²) < 4.78 is 64.9. The summed E-state index contributed by atoms with van der Waals surface area (Å²) in [6, 6.07) is 1.36. The van der Waals surface area contributed by atoms with E-state index in [1.165, 1.54) is 14.1 Å². The molecule has 0 saturated carbocycles. The van der Waals surface area contributed by atoms with Gasteiger partial charge in [0.05, 0.1) is 11.9 Å². The van der Waals surface area contributed by atoms with Gasteiger partial charge in [-0.05, 0) is 6.07 Å². The molecule has 1 aromatic carbocycles. The lowest BCUT2D eigenvalue weighted by Gasteiger charge is -2.18. The molecule has 1 heterocycles. The minimum Gasteiger partial charge on any atom is -0.391 e. The van der Waals surface area contributed by atoms with Gasteiger partial charge >= 0.3 is 0 Å². The molecule has 0 amide bonds. The Morgan fingerprint density at radius 2 is 1.91 bits per heavy atom. The van der Waals surface area contributed by atoms with E-state index in [9.17, 15) is 26.7 Å². The first-order valence-electron chi connectivity index (χ1n) is 7.04. The standard InChI is InChI=1S/C14H19F3N2O3S/c1-18(2)23(21,22)8-10-6-19(7-13(10)20)5-9-3-11(15)4-12(16)14(9)17/h3-4,10,13,20H,5-8H2,1-2H3/t10-,13+/m0/s1. The van der Waals surface area contributed by atoms with Crippen LogP contribution in [0.2, 0.25) is 0 Å². The molecule has 0 spiro atoms. The summed E-state index contributed by atoms with van der Waals surface area (Å²) in [6.07, 6.45) is -0.897. The molecule has 2 rings (SSSR count). The fourth-order valence-corrected chi connectivity index (χ4v) is 3.79. The van der Waals surface area contributed by atoms with Gasteiger partial charge in [0, 0.05) is 51.3 Å². The zero-order valence-electron chi connectivity index (χ0n) is 12.8. The number of nitrogens with zero attached hydrogens (tertiary/aromatic N) is 2. The Kier molecular flexibility index (Phi) is 5.34. The predicted molar refractivity (Wildman–Crippen MR) is 78.6 cm³/mol. The summed E-state index contributed by atoms with van der Waals surface area (Å²) >= 11 is 0. The zero-order chi connectivity index (χ0) is 17.4.